The Balaban J connectivity index is 0.000000262. The molecule has 0 saturated heterocycles. The van der Waals surface area contributed by atoms with Crippen LogP contribution in [0.1, 0.15) is 51.9 Å². The molecule has 15 heavy (non-hydrogen) atoms. The minimum atomic E-state index is 0.738. The van der Waals surface area contributed by atoms with Crippen LogP contribution in [0.3, 0.4) is 0 Å². The van der Waals surface area contributed by atoms with Crippen molar-refractivity contribution >= 4 is 0 Å². The summed E-state index contributed by atoms with van der Waals surface area (Å²) in [5, 5.41) is 0. The minimum absolute atomic E-state index is 0.738. The fraction of sp³-hybridized carbons (Fsp3) is 0.571. The first kappa shape index (κ1) is 14.0. The Bertz CT molecular complexity index is 182. The highest BCUT2D eigenvalue weighted by molar-refractivity contribution is 5.18. The molecule has 2 N–H and O–H groups in total. The highest BCUT2D eigenvalue weighted by atomic mass is 14.5. The molecule has 1 nitrogen and oxygen atoms in total. The molecule has 0 aliphatic heterocycles. The van der Waals surface area contributed by atoms with Gasteiger partial charge in [-0.15, -0.1) is 0 Å². The van der Waals surface area contributed by atoms with Gasteiger partial charge in [-0.25, -0.2) is 0 Å². The summed E-state index contributed by atoms with van der Waals surface area (Å²) in [4.78, 5) is 0. The molecule has 1 aliphatic carbocycles. The van der Waals surface area contributed by atoms with Crippen molar-refractivity contribution in [1.82, 2.24) is 0 Å². The lowest BCUT2D eigenvalue weighted by Crippen LogP contribution is -1.90. The Labute approximate surface area is 94.8 Å². The van der Waals surface area contributed by atoms with Gasteiger partial charge in [0, 0.05) is 5.70 Å². The second kappa shape index (κ2) is 11.1. The van der Waals surface area contributed by atoms with Crippen molar-refractivity contribution in [3.8, 4) is 0 Å². The van der Waals surface area contributed by atoms with Crippen LogP contribution in [0.25, 0.3) is 0 Å². The van der Waals surface area contributed by atoms with Gasteiger partial charge < -0.3 is 5.73 Å². The zero-order chi connectivity index (χ0) is 11.4. The van der Waals surface area contributed by atoms with Gasteiger partial charge >= 0.3 is 0 Å². The van der Waals surface area contributed by atoms with Crippen LogP contribution in [0.4, 0.5) is 0 Å². The van der Waals surface area contributed by atoms with E-state index in [2.05, 4.69) is 6.58 Å². The summed E-state index contributed by atoms with van der Waals surface area (Å²) < 4.78 is 0. The standard InChI is InChI=1S/C7H11N.C7H14/c1-3-5-7(8)6-4-2;1-2-4-6-7-5-3-1/h3-6H,1,8H2,2H3;1-7H2/b6-4-,7-5+;. The Morgan fingerprint density at radius 3 is 1.67 bits per heavy atom. The van der Waals surface area contributed by atoms with E-state index in [1.807, 2.05) is 19.1 Å². The van der Waals surface area contributed by atoms with E-state index >= 15 is 0 Å². The third kappa shape index (κ3) is 10.9. The molecule has 1 heteroatoms. The normalized spacial score (nSPS) is 17.8. The molecule has 0 bridgehead atoms. The monoisotopic (exact) mass is 207 g/mol. The molecule has 86 valence electrons. The maximum Gasteiger partial charge on any atom is 0.0310 e. The smallest absolute Gasteiger partial charge is 0.0310 e. The SMILES string of the molecule is C1CCCCCC1.C=C/C=C(N)\C=C/C. The second-order valence-corrected chi connectivity index (χ2v) is 3.88. The van der Waals surface area contributed by atoms with Crippen LogP contribution in [0.15, 0.2) is 36.6 Å². The Hall–Kier alpha value is -0.980. The fourth-order valence-corrected chi connectivity index (χ4v) is 1.62. The molecule has 0 heterocycles. The van der Waals surface area contributed by atoms with E-state index in [0.717, 1.165) is 5.70 Å². The average molecular weight is 207 g/mol. The molecule has 0 aromatic heterocycles. The molecule has 1 aliphatic rings. The third-order valence-electron chi connectivity index (χ3n) is 2.42. The van der Waals surface area contributed by atoms with Gasteiger partial charge in [0.2, 0.25) is 0 Å². The molecule has 0 unspecified atom stereocenters. The van der Waals surface area contributed by atoms with Crippen molar-refractivity contribution in [2.45, 2.75) is 51.9 Å². The third-order valence-corrected chi connectivity index (χ3v) is 2.42. The van der Waals surface area contributed by atoms with E-state index < -0.39 is 0 Å². The topological polar surface area (TPSA) is 26.0 Å². The number of hydrogen-bond acceptors (Lipinski definition) is 1. The molecule has 0 aromatic rings. The molecule has 1 saturated carbocycles. The molecular weight excluding hydrogens is 182 g/mol. The summed E-state index contributed by atoms with van der Waals surface area (Å²) in [5.74, 6) is 0. The van der Waals surface area contributed by atoms with E-state index in [9.17, 15) is 0 Å². The summed E-state index contributed by atoms with van der Waals surface area (Å²) in [5.41, 5.74) is 6.14. The highest BCUT2D eigenvalue weighted by Crippen LogP contribution is 2.15. The number of hydrogen-bond donors (Lipinski definition) is 1. The lowest BCUT2D eigenvalue weighted by molar-refractivity contribution is 0.702. The van der Waals surface area contributed by atoms with Gasteiger partial charge in [0.1, 0.15) is 0 Å². The average Bonchev–Trinajstić information content (AvgIpc) is 2.50. The first-order valence-corrected chi connectivity index (χ1v) is 6.02. The predicted octanol–water partition coefficient (Wildman–Crippen LogP) is 4.32. The molecule has 1 rings (SSSR count). The van der Waals surface area contributed by atoms with E-state index in [1.54, 1.807) is 12.2 Å². The zero-order valence-corrected chi connectivity index (χ0v) is 10.0. The second-order valence-electron chi connectivity index (χ2n) is 3.88. The first-order valence-electron chi connectivity index (χ1n) is 6.02. The highest BCUT2D eigenvalue weighted by Gasteiger charge is 1.95. The van der Waals surface area contributed by atoms with Gasteiger partial charge in [0.25, 0.3) is 0 Å². The number of allylic oxidation sites excluding steroid dienone is 4. The largest absolute Gasteiger partial charge is 0.399 e. The van der Waals surface area contributed by atoms with Crippen molar-refractivity contribution < 1.29 is 0 Å². The van der Waals surface area contributed by atoms with Crippen molar-refractivity contribution in [3.63, 3.8) is 0 Å². The van der Waals surface area contributed by atoms with Crippen molar-refractivity contribution in [1.29, 1.82) is 0 Å². The quantitative estimate of drug-likeness (QED) is 0.529. The van der Waals surface area contributed by atoms with Gasteiger partial charge in [-0.2, -0.15) is 0 Å². The van der Waals surface area contributed by atoms with Crippen LogP contribution in [0.5, 0.6) is 0 Å². The van der Waals surface area contributed by atoms with Gasteiger partial charge in [-0.3, -0.25) is 0 Å². The zero-order valence-electron chi connectivity index (χ0n) is 10.0. The Kier molecular flexibility index (Phi) is 10.4. The summed E-state index contributed by atoms with van der Waals surface area (Å²) in [6, 6.07) is 0. The van der Waals surface area contributed by atoms with E-state index in [4.69, 9.17) is 5.73 Å². The van der Waals surface area contributed by atoms with Crippen LogP contribution < -0.4 is 5.73 Å². The molecule has 0 aromatic carbocycles. The molecule has 0 radical (unpaired) electrons. The van der Waals surface area contributed by atoms with Gasteiger partial charge in [0.15, 0.2) is 0 Å². The van der Waals surface area contributed by atoms with Crippen LogP contribution in [-0.2, 0) is 0 Å². The first-order chi connectivity index (χ1) is 7.31. The van der Waals surface area contributed by atoms with Crippen molar-refractivity contribution in [2.24, 2.45) is 5.73 Å². The Morgan fingerprint density at radius 1 is 1.00 bits per heavy atom. The fourth-order valence-electron chi connectivity index (χ4n) is 1.62. The minimum Gasteiger partial charge on any atom is -0.399 e. The Morgan fingerprint density at radius 2 is 1.40 bits per heavy atom. The predicted molar refractivity (Wildman–Crippen MR) is 69.6 cm³/mol. The van der Waals surface area contributed by atoms with Gasteiger partial charge in [-0.05, 0) is 19.1 Å². The lowest BCUT2D eigenvalue weighted by Gasteiger charge is -1.85. The summed E-state index contributed by atoms with van der Waals surface area (Å²) in [6.07, 6.45) is 17.6. The molecule has 0 amide bonds. The lowest BCUT2D eigenvalue weighted by atomic mass is 10.2. The van der Waals surface area contributed by atoms with Crippen molar-refractivity contribution in [2.75, 3.05) is 0 Å². The summed E-state index contributed by atoms with van der Waals surface area (Å²) in [7, 11) is 0. The van der Waals surface area contributed by atoms with E-state index in [-0.39, 0.29) is 0 Å². The molecular formula is C14H25N. The molecule has 1 fully saturated rings. The number of nitrogens with two attached hydrogens (primary N) is 1. The molecule has 0 spiro atoms. The van der Waals surface area contributed by atoms with Gasteiger partial charge in [-0.1, -0.05) is 63.7 Å². The van der Waals surface area contributed by atoms with Crippen LogP contribution in [0, 0.1) is 0 Å². The summed E-state index contributed by atoms with van der Waals surface area (Å²) in [6.45, 7) is 5.41. The van der Waals surface area contributed by atoms with Gasteiger partial charge in [0.05, 0.1) is 0 Å². The van der Waals surface area contributed by atoms with Crippen molar-refractivity contribution in [3.05, 3.63) is 36.6 Å². The maximum atomic E-state index is 5.40. The maximum absolute atomic E-state index is 5.40. The van der Waals surface area contributed by atoms with Crippen LogP contribution in [-0.4, -0.2) is 0 Å². The molecule has 0 atom stereocenters. The number of rotatable bonds is 2. The summed E-state index contributed by atoms with van der Waals surface area (Å²) >= 11 is 0. The van der Waals surface area contributed by atoms with Crippen LogP contribution >= 0.6 is 0 Å². The van der Waals surface area contributed by atoms with Crippen LogP contribution in [0.2, 0.25) is 0 Å². The van der Waals surface area contributed by atoms with E-state index in [1.165, 1.54) is 44.9 Å². The van der Waals surface area contributed by atoms with E-state index in [0.29, 0.717) is 0 Å².